The molecule has 3 N–H and O–H groups in total. The van der Waals surface area contributed by atoms with Gasteiger partial charge in [0.05, 0.1) is 10.6 Å². The Bertz CT molecular complexity index is 430. The number of nitrogens with one attached hydrogen (secondary N) is 1. The summed E-state index contributed by atoms with van der Waals surface area (Å²) in [5.41, 5.74) is 6.63. The maximum Gasteiger partial charge on any atom is 0.252 e. The number of hydrogen-bond donors (Lipinski definition) is 2. The molecule has 1 saturated heterocycles. The Hall–Kier alpha value is -1.26. The van der Waals surface area contributed by atoms with Gasteiger partial charge in [0.2, 0.25) is 0 Å². The number of nitrogen functional groups attached to an aromatic ring is 1. The summed E-state index contributed by atoms with van der Waals surface area (Å²) in [5, 5.41) is 3.28. The number of anilines is 1. The maximum absolute atomic E-state index is 11.9. The van der Waals surface area contributed by atoms with Crippen LogP contribution in [0.1, 0.15) is 23.2 Å². The fourth-order valence-electron chi connectivity index (χ4n) is 2.14. The van der Waals surface area contributed by atoms with Gasteiger partial charge in [-0.25, -0.2) is 0 Å². The second-order valence-electron chi connectivity index (χ2n) is 4.54. The van der Waals surface area contributed by atoms with E-state index < -0.39 is 0 Å². The molecule has 2 rings (SSSR count). The lowest BCUT2D eigenvalue weighted by Crippen LogP contribution is -2.33. The van der Waals surface area contributed by atoms with E-state index in [4.69, 9.17) is 17.3 Å². The number of halogens is 1. The standard InChI is InChI=1S/C13H18ClN3O/c14-12-9-10(15)3-4-11(12)13(18)16-5-8-17-6-1-2-7-17/h3-4,9H,1-2,5-8,15H2,(H,16,18). The fraction of sp³-hybridized carbons (Fsp3) is 0.462. The first-order valence-corrected chi connectivity index (χ1v) is 6.60. The summed E-state index contributed by atoms with van der Waals surface area (Å²) in [6.45, 7) is 3.83. The van der Waals surface area contributed by atoms with Gasteiger partial charge < -0.3 is 16.0 Å². The zero-order valence-electron chi connectivity index (χ0n) is 10.3. The minimum absolute atomic E-state index is 0.140. The largest absolute Gasteiger partial charge is 0.399 e. The van der Waals surface area contributed by atoms with Crippen molar-refractivity contribution < 1.29 is 4.79 Å². The monoisotopic (exact) mass is 267 g/mol. The van der Waals surface area contributed by atoms with E-state index in [2.05, 4.69) is 10.2 Å². The summed E-state index contributed by atoms with van der Waals surface area (Å²) < 4.78 is 0. The molecule has 0 radical (unpaired) electrons. The molecule has 0 unspecified atom stereocenters. The number of amides is 1. The Morgan fingerprint density at radius 1 is 1.39 bits per heavy atom. The number of nitrogens with two attached hydrogens (primary N) is 1. The lowest BCUT2D eigenvalue weighted by atomic mass is 10.2. The van der Waals surface area contributed by atoms with Gasteiger partial charge >= 0.3 is 0 Å². The molecule has 5 heteroatoms. The van der Waals surface area contributed by atoms with Crippen LogP contribution in [0.4, 0.5) is 5.69 Å². The zero-order chi connectivity index (χ0) is 13.0. The van der Waals surface area contributed by atoms with Crippen molar-refractivity contribution in [2.75, 3.05) is 31.9 Å². The third-order valence-electron chi connectivity index (χ3n) is 3.15. The predicted octanol–water partition coefficient (Wildman–Crippen LogP) is 1.75. The molecule has 1 aliphatic rings. The Morgan fingerprint density at radius 2 is 2.11 bits per heavy atom. The summed E-state index contributed by atoms with van der Waals surface area (Å²) in [6, 6.07) is 4.93. The van der Waals surface area contributed by atoms with Gasteiger partial charge in [-0.15, -0.1) is 0 Å². The van der Waals surface area contributed by atoms with E-state index in [9.17, 15) is 4.79 Å². The van der Waals surface area contributed by atoms with Crippen LogP contribution in [0.2, 0.25) is 5.02 Å². The molecule has 0 saturated carbocycles. The molecule has 1 aromatic carbocycles. The topological polar surface area (TPSA) is 58.4 Å². The number of rotatable bonds is 4. The first-order valence-electron chi connectivity index (χ1n) is 6.22. The normalized spacial score (nSPS) is 15.8. The first kappa shape index (κ1) is 13.2. The number of hydrogen-bond acceptors (Lipinski definition) is 3. The minimum atomic E-state index is -0.140. The SMILES string of the molecule is Nc1ccc(C(=O)NCCN2CCCC2)c(Cl)c1. The summed E-state index contributed by atoms with van der Waals surface area (Å²) >= 11 is 5.98. The first-order chi connectivity index (χ1) is 8.66. The van der Waals surface area contributed by atoms with Crippen LogP contribution < -0.4 is 11.1 Å². The van der Waals surface area contributed by atoms with E-state index in [1.165, 1.54) is 12.8 Å². The summed E-state index contributed by atoms with van der Waals surface area (Å²) in [4.78, 5) is 14.2. The van der Waals surface area contributed by atoms with E-state index in [1.807, 2.05) is 0 Å². The number of carbonyl (C=O) groups is 1. The molecular formula is C13H18ClN3O. The van der Waals surface area contributed by atoms with Crippen LogP contribution in [0.15, 0.2) is 18.2 Å². The Labute approximate surface area is 112 Å². The van der Waals surface area contributed by atoms with Crippen molar-refractivity contribution in [3.8, 4) is 0 Å². The Kier molecular flexibility index (Phi) is 4.44. The third-order valence-corrected chi connectivity index (χ3v) is 3.46. The summed E-state index contributed by atoms with van der Waals surface area (Å²) in [6.07, 6.45) is 2.52. The molecular weight excluding hydrogens is 250 g/mol. The van der Waals surface area contributed by atoms with Crippen molar-refractivity contribution in [2.45, 2.75) is 12.8 Å². The van der Waals surface area contributed by atoms with Crippen molar-refractivity contribution in [3.05, 3.63) is 28.8 Å². The van der Waals surface area contributed by atoms with E-state index in [1.54, 1.807) is 18.2 Å². The highest BCUT2D eigenvalue weighted by molar-refractivity contribution is 6.34. The predicted molar refractivity (Wildman–Crippen MR) is 73.9 cm³/mol. The van der Waals surface area contributed by atoms with Crippen molar-refractivity contribution >= 4 is 23.2 Å². The number of nitrogens with zero attached hydrogens (tertiary/aromatic N) is 1. The molecule has 1 heterocycles. The van der Waals surface area contributed by atoms with Gasteiger partial charge in [-0.3, -0.25) is 4.79 Å². The van der Waals surface area contributed by atoms with Gasteiger partial charge in [0.25, 0.3) is 5.91 Å². The van der Waals surface area contributed by atoms with Crippen LogP contribution in [0.5, 0.6) is 0 Å². The van der Waals surface area contributed by atoms with Crippen LogP contribution in [0, 0.1) is 0 Å². The summed E-state index contributed by atoms with van der Waals surface area (Å²) in [7, 11) is 0. The van der Waals surface area contributed by atoms with Gasteiger partial charge in [-0.2, -0.15) is 0 Å². The highest BCUT2D eigenvalue weighted by Gasteiger charge is 2.13. The average molecular weight is 268 g/mol. The molecule has 0 aliphatic carbocycles. The smallest absolute Gasteiger partial charge is 0.252 e. The van der Waals surface area contributed by atoms with Crippen molar-refractivity contribution in [3.63, 3.8) is 0 Å². The van der Waals surface area contributed by atoms with E-state index in [-0.39, 0.29) is 5.91 Å². The van der Waals surface area contributed by atoms with Gasteiger partial charge in [-0.05, 0) is 44.1 Å². The maximum atomic E-state index is 11.9. The highest BCUT2D eigenvalue weighted by atomic mass is 35.5. The molecule has 4 nitrogen and oxygen atoms in total. The van der Waals surface area contributed by atoms with Crippen LogP contribution in [-0.4, -0.2) is 37.0 Å². The molecule has 1 aliphatic heterocycles. The van der Waals surface area contributed by atoms with Crippen molar-refractivity contribution in [2.24, 2.45) is 0 Å². The van der Waals surface area contributed by atoms with Gasteiger partial charge in [0.1, 0.15) is 0 Å². The van der Waals surface area contributed by atoms with E-state index in [0.29, 0.717) is 22.8 Å². The Morgan fingerprint density at radius 3 is 2.78 bits per heavy atom. The Balaban J connectivity index is 1.83. The van der Waals surface area contributed by atoms with Crippen molar-refractivity contribution in [1.82, 2.24) is 10.2 Å². The van der Waals surface area contributed by atoms with E-state index in [0.717, 1.165) is 19.6 Å². The van der Waals surface area contributed by atoms with Gasteiger partial charge in [-0.1, -0.05) is 11.6 Å². The summed E-state index contributed by atoms with van der Waals surface area (Å²) in [5.74, 6) is -0.140. The second kappa shape index (κ2) is 6.07. The molecule has 1 amide bonds. The molecule has 98 valence electrons. The minimum Gasteiger partial charge on any atom is -0.399 e. The quantitative estimate of drug-likeness (QED) is 0.817. The van der Waals surface area contributed by atoms with Crippen LogP contribution in [0.3, 0.4) is 0 Å². The van der Waals surface area contributed by atoms with Gasteiger partial charge in [0.15, 0.2) is 0 Å². The fourth-order valence-corrected chi connectivity index (χ4v) is 2.42. The second-order valence-corrected chi connectivity index (χ2v) is 4.95. The molecule has 0 aromatic heterocycles. The van der Waals surface area contributed by atoms with Crippen LogP contribution >= 0.6 is 11.6 Å². The lowest BCUT2D eigenvalue weighted by Gasteiger charge is -2.15. The molecule has 0 bridgehead atoms. The molecule has 0 atom stereocenters. The molecule has 1 aromatic rings. The molecule has 0 spiro atoms. The highest BCUT2D eigenvalue weighted by Crippen LogP contribution is 2.18. The third kappa shape index (κ3) is 3.37. The molecule has 18 heavy (non-hydrogen) atoms. The lowest BCUT2D eigenvalue weighted by molar-refractivity contribution is 0.0950. The zero-order valence-corrected chi connectivity index (χ0v) is 11.0. The van der Waals surface area contributed by atoms with E-state index >= 15 is 0 Å². The number of likely N-dealkylation sites (tertiary alicyclic amines) is 1. The average Bonchev–Trinajstić information content (AvgIpc) is 2.81. The van der Waals surface area contributed by atoms with Crippen LogP contribution in [0.25, 0.3) is 0 Å². The van der Waals surface area contributed by atoms with Crippen LogP contribution in [-0.2, 0) is 0 Å². The van der Waals surface area contributed by atoms with Gasteiger partial charge in [0, 0.05) is 18.8 Å². The molecule has 1 fully saturated rings. The van der Waals surface area contributed by atoms with Crippen molar-refractivity contribution in [1.29, 1.82) is 0 Å². The number of benzene rings is 1. The number of carbonyl (C=O) groups excluding carboxylic acids is 1.